The Balaban J connectivity index is 2.04. The molecule has 5 heteroatoms. The van der Waals surface area contributed by atoms with E-state index < -0.39 is 5.92 Å². The number of carbonyl (C=O) groups is 1. The first-order valence-electron chi connectivity index (χ1n) is 7.66. The molecule has 0 spiro atoms. The lowest BCUT2D eigenvalue weighted by atomic mass is 9.95. The molecule has 0 radical (unpaired) electrons. The largest absolute Gasteiger partial charge is 0.508 e. The second kappa shape index (κ2) is 8.72. The summed E-state index contributed by atoms with van der Waals surface area (Å²) in [5.41, 5.74) is 2.45. The molecule has 1 atom stereocenters. The molecule has 24 heavy (non-hydrogen) atoms. The number of rotatable bonds is 7. The van der Waals surface area contributed by atoms with Gasteiger partial charge in [0.15, 0.2) is 0 Å². The van der Waals surface area contributed by atoms with E-state index in [2.05, 4.69) is 5.16 Å². The van der Waals surface area contributed by atoms with Crippen molar-refractivity contribution < 1.29 is 19.5 Å². The second-order valence-corrected chi connectivity index (χ2v) is 5.44. The molecule has 0 saturated heterocycles. The third-order valence-electron chi connectivity index (χ3n) is 3.65. The van der Waals surface area contributed by atoms with Crippen LogP contribution in [0.5, 0.6) is 5.75 Å². The lowest BCUT2D eigenvalue weighted by Gasteiger charge is -2.14. The van der Waals surface area contributed by atoms with Gasteiger partial charge in [-0.05, 0) is 36.6 Å². The highest BCUT2D eigenvalue weighted by atomic mass is 16.6. The summed E-state index contributed by atoms with van der Waals surface area (Å²) in [6.45, 7) is 2.08. The van der Waals surface area contributed by atoms with Gasteiger partial charge < -0.3 is 14.7 Å². The highest BCUT2D eigenvalue weighted by Crippen LogP contribution is 2.16. The van der Waals surface area contributed by atoms with E-state index in [1.54, 1.807) is 31.2 Å². The number of oxime groups is 1. The third kappa shape index (κ3) is 5.12. The number of esters is 1. The maximum atomic E-state index is 12.0. The van der Waals surface area contributed by atoms with Crippen molar-refractivity contribution in [1.29, 1.82) is 0 Å². The maximum Gasteiger partial charge on any atom is 0.314 e. The van der Waals surface area contributed by atoms with Crippen LogP contribution in [0.2, 0.25) is 0 Å². The smallest absolute Gasteiger partial charge is 0.314 e. The van der Waals surface area contributed by atoms with Crippen LogP contribution in [0.4, 0.5) is 0 Å². The van der Waals surface area contributed by atoms with Crippen molar-refractivity contribution in [3.8, 4) is 5.75 Å². The van der Waals surface area contributed by atoms with Crippen molar-refractivity contribution in [2.45, 2.75) is 20.0 Å². The van der Waals surface area contributed by atoms with Crippen LogP contribution in [0.25, 0.3) is 0 Å². The summed E-state index contributed by atoms with van der Waals surface area (Å²) in [5.74, 6) is -0.715. The monoisotopic (exact) mass is 327 g/mol. The van der Waals surface area contributed by atoms with Crippen LogP contribution in [-0.2, 0) is 27.4 Å². The summed E-state index contributed by atoms with van der Waals surface area (Å²) in [5, 5.41) is 13.4. The van der Waals surface area contributed by atoms with Gasteiger partial charge in [-0.2, -0.15) is 0 Å². The number of methoxy groups -OCH3 is 1. The SMILES string of the molecule is COC(=O)C(Cc1ccc(O)cc1)C(C)=NOCc1ccccc1. The highest BCUT2D eigenvalue weighted by Gasteiger charge is 2.23. The van der Waals surface area contributed by atoms with E-state index in [0.29, 0.717) is 18.7 Å². The Hall–Kier alpha value is -2.82. The first kappa shape index (κ1) is 17.5. The number of hydrogen-bond donors (Lipinski definition) is 1. The topological polar surface area (TPSA) is 68.1 Å². The maximum absolute atomic E-state index is 12.0. The Kier molecular flexibility index (Phi) is 6.37. The summed E-state index contributed by atoms with van der Waals surface area (Å²) in [7, 11) is 1.35. The molecule has 1 N–H and O–H groups in total. The van der Waals surface area contributed by atoms with E-state index in [1.807, 2.05) is 30.3 Å². The molecule has 0 aliphatic rings. The fraction of sp³-hybridized carbons (Fsp3) is 0.263. The van der Waals surface area contributed by atoms with Gasteiger partial charge in [-0.3, -0.25) is 4.79 Å². The molecule has 2 aromatic rings. The Bertz CT molecular complexity index is 680. The van der Waals surface area contributed by atoms with Crippen LogP contribution in [0.1, 0.15) is 18.1 Å². The van der Waals surface area contributed by atoms with Crippen LogP contribution >= 0.6 is 0 Å². The van der Waals surface area contributed by atoms with Crippen LogP contribution < -0.4 is 0 Å². The van der Waals surface area contributed by atoms with Crippen molar-refractivity contribution in [3.63, 3.8) is 0 Å². The van der Waals surface area contributed by atoms with Gasteiger partial charge in [-0.25, -0.2) is 0 Å². The van der Waals surface area contributed by atoms with Crippen molar-refractivity contribution in [2.24, 2.45) is 11.1 Å². The summed E-state index contributed by atoms with van der Waals surface area (Å²) in [6, 6.07) is 16.4. The van der Waals surface area contributed by atoms with Crippen molar-refractivity contribution in [1.82, 2.24) is 0 Å². The van der Waals surface area contributed by atoms with Gasteiger partial charge in [-0.15, -0.1) is 0 Å². The Morgan fingerprint density at radius 3 is 2.38 bits per heavy atom. The average molecular weight is 327 g/mol. The van der Waals surface area contributed by atoms with Crippen molar-refractivity contribution in [2.75, 3.05) is 7.11 Å². The predicted octanol–water partition coefficient (Wildman–Crippen LogP) is 3.32. The van der Waals surface area contributed by atoms with Crippen LogP contribution in [0, 0.1) is 5.92 Å². The van der Waals surface area contributed by atoms with Gasteiger partial charge in [-0.1, -0.05) is 47.6 Å². The van der Waals surface area contributed by atoms with Gasteiger partial charge in [0, 0.05) is 0 Å². The number of benzene rings is 2. The fourth-order valence-corrected chi connectivity index (χ4v) is 2.26. The third-order valence-corrected chi connectivity index (χ3v) is 3.65. The standard InChI is InChI=1S/C19H21NO4/c1-14(20-24-13-16-6-4-3-5-7-16)18(19(22)23-2)12-15-8-10-17(21)11-9-15/h3-11,18,21H,12-13H2,1-2H3. The summed E-state index contributed by atoms with van der Waals surface area (Å²) >= 11 is 0. The molecule has 2 rings (SSSR count). The lowest BCUT2D eigenvalue weighted by Crippen LogP contribution is -2.26. The predicted molar refractivity (Wildman–Crippen MR) is 91.7 cm³/mol. The lowest BCUT2D eigenvalue weighted by molar-refractivity contribution is -0.143. The van der Waals surface area contributed by atoms with Gasteiger partial charge in [0.25, 0.3) is 0 Å². The minimum absolute atomic E-state index is 0.185. The fourth-order valence-electron chi connectivity index (χ4n) is 2.26. The molecule has 0 aromatic heterocycles. The number of phenols is 1. The Morgan fingerprint density at radius 1 is 1.08 bits per heavy atom. The van der Waals surface area contributed by atoms with E-state index in [1.165, 1.54) is 7.11 Å². The zero-order chi connectivity index (χ0) is 17.4. The minimum atomic E-state index is -0.532. The number of ether oxygens (including phenoxy) is 1. The number of carbonyl (C=O) groups excluding carboxylic acids is 1. The molecule has 0 fully saturated rings. The molecular weight excluding hydrogens is 306 g/mol. The summed E-state index contributed by atoms with van der Waals surface area (Å²) < 4.78 is 4.87. The minimum Gasteiger partial charge on any atom is -0.508 e. The molecule has 0 amide bonds. The summed E-state index contributed by atoms with van der Waals surface area (Å²) in [4.78, 5) is 17.4. The average Bonchev–Trinajstić information content (AvgIpc) is 2.61. The Labute approximate surface area is 141 Å². The van der Waals surface area contributed by atoms with Gasteiger partial charge in [0.1, 0.15) is 18.3 Å². The van der Waals surface area contributed by atoms with Crippen molar-refractivity contribution in [3.05, 3.63) is 65.7 Å². The number of hydrogen-bond acceptors (Lipinski definition) is 5. The first-order valence-corrected chi connectivity index (χ1v) is 7.66. The molecule has 2 aromatic carbocycles. The molecule has 0 bridgehead atoms. The Morgan fingerprint density at radius 2 is 1.75 bits per heavy atom. The first-order chi connectivity index (χ1) is 11.6. The molecular formula is C19H21NO4. The van der Waals surface area contributed by atoms with E-state index >= 15 is 0 Å². The quantitative estimate of drug-likeness (QED) is 0.481. The van der Waals surface area contributed by atoms with Crippen LogP contribution in [0.15, 0.2) is 59.8 Å². The molecule has 0 heterocycles. The van der Waals surface area contributed by atoms with Gasteiger partial charge in [0.2, 0.25) is 0 Å². The normalized spacial score (nSPS) is 12.5. The van der Waals surface area contributed by atoms with Crippen LogP contribution in [0.3, 0.4) is 0 Å². The zero-order valence-electron chi connectivity index (χ0n) is 13.8. The van der Waals surface area contributed by atoms with Gasteiger partial charge >= 0.3 is 5.97 Å². The molecule has 5 nitrogen and oxygen atoms in total. The molecule has 1 unspecified atom stereocenters. The van der Waals surface area contributed by atoms with E-state index in [4.69, 9.17) is 9.57 Å². The molecule has 0 saturated carbocycles. The molecule has 126 valence electrons. The number of nitrogens with zero attached hydrogens (tertiary/aromatic N) is 1. The van der Waals surface area contributed by atoms with E-state index in [0.717, 1.165) is 11.1 Å². The van der Waals surface area contributed by atoms with Gasteiger partial charge in [0.05, 0.1) is 12.8 Å². The molecule has 0 aliphatic carbocycles. The number of phenolic OH excluding ortho intramolecular Hbond substituents is 1. The van der Waals surface area contributed by atoms with E-state index in [9.17, 15) is 9.90 Å². The van der Waals surface area contributed by atoms with E-state index in [-0.39, 0.29) is 11.7 Å². The second-order valence-electron chi connectivity index (χ2n) is 5.44. The summed E-state index contributed by atoms with van der Waals surface area (Å²) in [6.07, 6.45) is 0.428. The highest BCUT2D eigenvalue weighted by molar-refractivity contribution is 6.00. The number of aromatic hydroxyl groups is 1. The zero-order valence-corrected chi connectivity index (χ0v) is 13.8. The molecule has 0 aliphatic heterocycles. The van der Waals surface area contributed by atoms with Crippen molar-refractivity contribution >= 4 is 11.7 Å². The van der Waals surface area contributed by atoms with Crippen LogP contribution in [-0.4, -0.2) is 23.9 Å².